The SMILES string of the molecule is CN(Cc1cn[nH]c1)C(=O)[C@@]12CCCC[C@@H]1NCC2. The highest BCUT2D eigenvalue weighted by Gasteiger charge is 2.50. The molecule has 2 fully saturated rings. The fourth-order valence-corrected chi connectivity index (χ4v) is 3.76. The van der Waals surface area contributed by atoms with Crippen molar-refractivity contribution in [3.05, 3.63) is 18.0 Å². The first-order chi connectivity index (χ1) is 9.22. The summed E-state index contributed by atoms with van der Waals surface area (Å²) in [7, 11) is 1.91. The molecule has 2 atom stereocenters. The number of aromatic amines is 1. The van der Waals surface area contributed by atoms with E-state index in [9.17, 15) is 4.79 Å². The fraction of sp³-hybridized carbons (Fsp3) is 0.714. The van der Waals surface area contributed by atoms with Gasteiger partial charge in [0.25, 0.3) is 0 Å². The molecule has 2 aliphatic rings. The highest BCUT2D eigenvalue weighted by molar-refractivity contribution is 5.84. The number of carbonyl (C=O) groups excluding carboxylic acids is 1. The number of amides is 1. The van der Waals surface area contributed by atoms with Crippen molar-refractivity contribution in [3.8, 4) is 0 Å². The summed E-state index contributed by atoms with van der Waals surface area (Å²) < 4.78 is 0. The maximum atomic E-state index is 12.9. The smallest absolute Gasteiger partial charge is 0.230 e. The Bertz CT molecular complexity index is 444. The number of aromatic nitrogens is 2. The fourth-order valence-electron chi connectivity index (χ4n) is 3.76. The molecule has 104 valence electrons. The van der Waals surface area contributed by atoms with Gasteiger partial charge in [-0.3, -0.25) is 9.89 Å². The maximum absolute atomic E-state index is 12.9. The van der Waals surface area contributed by atoms with Crippen molar-refractivity contribution in [2.45, 2.75) is 44.7 Å². The first kappa shape index (κ1) is 12.7. The maximum Gasteiger partial charge on any atom is 0.230 e. The summed E-state index contributed by atoms with van der Waals surface area (Å²) in [5.74, 6) is 0.309. The lowest BCUT2D eigenvalue weighted by molar-refractivity contribution is -0.143. The van der Waals surface area contributed by atoms with Crippen molar-refractivity contribution in [2.24, 2.45) is 5.41 Å². The normalized spacial score (nSPS) is 30.1. The van der Waals surface area contributed by atoms with Gasteiger partial charge in [-0.25, -0.2) is 0 Å². The molecule has 0 radical (unpaired) electrons. The number of hydrogen-bond donors (Lipinski definition) is 2. The van der Waals surface area contributed by atoms with Crippen molar-refractivity contribution in [1.29, 1.82) is 0 Å². The lowest BCUT2D eigenvalue weighted by atomic mass is 9.69. The Morgan fingerprint density at radius 1 is 1.53 bits per heavy atom. The number of rotatable bonds is 3. The number of H-pyrrole nitrogens is 1. The zero-order valence-electron chi connectivity index (χ0n) is 11.5. The lowest BCUT2D eigenvalue weighted by Gasteiger charge is -2.40. The van der Waals surface area contributed by atoms with Crippen LogP contribution in [0.25, 0.3) is 0 Å². The van der Waals surface area contributed by atoms with E-state index in [4.69, 9.17) is 0 Å². The molecule has 1 aromatic heterocycles. The lowest BCUT2D eigenvalue weighted by Crippen LogP contribution is -2.50. The molecule has 2 heterocycles. The summed E-state index contributed by atoms with van der Waals surface area (Å²) in [6.45, 7) is 1.62. The Hall–Kier alpha value is -1.36. The van der Waals surface area contributed by atoms with Gasteiger partial charge < -0.3 is 10.2 Å². The molecule has 1 aromatic rings. The quantitative estimate of drug-likeness (QED) is 0.863. The van der Waals surface area contributed by atoms with Crippen LogP contribution < -0.4 is 5.32 Å². The molecule has 5 nitrogen and oxygen atoms in total. The largest absolute Gasteiger partial charge is 0.341 e. The summed E-state index contributed by atoms with van der Waals surface area (Å²) in [6.07, 6.45) is 9.25. The van der Waals surface area contributed by atoms with Gasteiger partial charge in [-0.2, -0.15) is 5.10 Å². The van der Waals surface area contributed by atoms with Crippen LogP contribution in [0.5, 0.6) is 0 Å². The van der Waals surface area contributed by atoms with Crippen LogP contribution in [0.4, 0.5) is 0 Å². The molecule has 1 aliphatic carbocycles. The van der Waals surface area contributed by atoms with Crippen molar-refractivity contribution in [3.63, 3.8) is 0 Å². The molecule has 19 heavy (non-hydrogen) atoms. The van der Waals surface area contributed by atoms with Crippen LogP contribution >= 0.6 is 0 Å². The summed E-state index contributed by atoms with van der Waals surface area (Å²) in [6, 6.07) is 0.389. The highest BCUT2D eigenvalue weighted by Crippen LogP contribution is 2.44. The highest BCUT2D eigenvalue weighted by atomic mass is 16.2. The predicted molar refractivity (Wildman–Crippen MR) is 72.4 cm³/mol. The molecule has 1 amide bonds. The summed E-state index contributed by atoms with van der Waals surface area (Å²) in [5, 5.41) is 10.3. The van der Waals surface area contributed by atoms with E-state index >= 15 is 0 Å². The standard InChI is InChI=1S/C14H22N4O/c1-18(10-11-8-16-17-9-11)13(19)14-5-3-2-4-12(14)15-7-6-14/h8-9,12,15H,2-7,10H2,1H3,(H,16,17)/t12-,14+/m0/s1. The topological polar surface area (TPSA) is 61.0 Å². The van der Waals surface area contributed by atoms with Crippen LogP contribution in [-0.4, -0.2) is 40.6 Å². The third-order valence-electron chi connectivity index (χ3n) is 4.74. The van der Waals surface area contributed by atoms with Gasteiger partial charge >= 0.3 is 0 Å². The minimum atomic E-state index is -0.142. The molecule has 3 rings (SSSR count). The van der Waals surface area contributed by atoms with Crippen molar-refractivity contribution in [2.75, 3.05) is 13.6 Å². The first-order valence-corrected chi connectivity index (χ1v) is 7.19. The monoisotopic (exact) mass is 262 g/mol. The zero-order valence-corrected chi connectivity index (χ0v) is 11.5. The number of nitrogens with one attached hydrogen (secondary N) is 2. The van der Waals surface area contributed by atoms with Gasteiger partial charge in [-0.15, -0.1) is 0 Å². The minimum absolute atomic E-state index is 0.142. The van der Waals surface area contributed by atoms with E-state index in [1.807, 2.05) is 18.1 Å². The Balaban J connectivity index is 1.74. The van der Waals surface area contributed by atoms with Crippen LogP contribution in [0.2, 0.25) is 0 Å². The zero-order chi connectivity index (χ0) is 13.3. The summed E-state index contributed by atoms with van der Waals surface area (Å²) >= 11 is 0. The van der Waals surface area contributed by atoms with Crippen molar-refractivity contribution < 1.29 is 4.79 Å². The number of carbonyl (C=O) groups is 1. The molecule has 1 aliphatic heterocycles. The van der Waals surface area contributed by atoms with Gasteiger partial charge in [-0.05, 0) is 25.8 Å². The second kappa shape index (κ2) is 4.96. The van der Waals surface area contributed by atoms with Crippen LogP contribution in [0.3, 0.4) is 0 Å². The average molecular weight is 262 g/mol. The Morgan fingerprint density at radius 3 is 3.21 bits per heavy atom. The van der Waals surface area contributed by atoms with E-state index < -0.39 is 0 Å². The minimum Gasteiger partial charge on any atom is -0.341 e. The second-order valence-electron chi connectivity index (χ2n) is 5.93. The molecule has 0 bridgehead atoms. The van der Waals surface area contributed by atoms with Crippen molar-refractivity contribution >= 4 is 5.91 Å². The molecular weight excluding hydrogens is 240 g/mol. The molecule has 0 aromatic carbocycles. The van der Waals surface area contributed by atoms with E-state index in [1.54, 1.807) is 6.20 Å². The number of fused-ring (bicyclic) bond motifs is 1. The summed E-state index contributed by atoms with van der Waals surface area (Å²) in [5.41, 5.74) is 0.919. The Labute approximate surface area is 113 Å². The van der Waals surface area contributed by atoms with Crippen LogP contribution in [0.1, 0.15) is 37.7 Å². The van der Waals surface area contributed by atoms with Gasteiger partial charge in [0.05, 0.1) is 11.6 Å². The molecule has 2 N–H and O–H groups in total. The number of hydrogen-bond acceptors (Lipinski definition) is 3. The molecule has 1 saturated carbocycles. The first-order valence-electron chi connectivity index (χ1n) is 7.19. The van der Waals surface area contributed by atoms with E-state index in [2.05, 4.69) is 15.5 Å². The number of nitrogens with zero attached hydrogens (tertiary/aromatic N) is 2. The third-order valence-corrected chi connectivity index (χ3v) is 4.74. The van der Waals surface area contributed by atoms with E-state index in [0.29, 0.717) is 18.5 Å². The molecular formula is C14H22N4O. The van der Waals surface area contributed by atoms with Crippen LogP contribution in [0, 0.1) is 5.41 Å². The van der Waals surface area contributed by atoms with Gasteiger partial charge in [0, 0.05) is 31.4 Å². The molecule has 1 saturated heterocycles. The van der Waals surface area contributed by atoms with Gasteiger partial charge in [0.1, 0.15) is 0 Å². The molecule has 0 unspecified atom stereocenters. The van der Waals surface area contributed by atoms with Crippen molar-refractivity contribution in [1.82, 2.24) is 20.4 Å². The van der Waals surface area contributed by atoms with Gasteiger partial charge in [-0.1, -0.05) is 12.8 Å². The summed E-state index contributed by atoms with van der Waals surface area (Å²) in [4.78, 5) is 14.8. The Kier molecular flexibility index (Phi) is 3.31. The molecule has 5 heteroatoms. The second-order valence-corrected chi connectivity index (χ2v) is 5.93. The van der Waals surface area contributed by atoms with E-state index in [-0.39, 0.29) is 5.41 Å². The average Bonchev–Trinajstić information content (AvgIpc) is 3.06. The van der Waals surface area contributed by atoms with E-state index in [0.717, 1.165) is 31.4 Å². The Morgan fingerprint density at radius 2 is 2.42 bits per heavy atom. The van der Waals surface area contributed by atoms with Crippen LogP contribution in [0.15, 0.2) is 12.4 Å². The predicted octanol–water partition coefficient (Wildman–Crippen LogP) is 1.29. The van der Waals surface area contributed by atoms with Gasteiger partial charge in [0.15, 0.2) is 0 Å². The van der Waals surface area contributed by atoms with E-state index in [1.165, 1.54) is 12.8 Å². The van der Waals surface area contributed by atoms with Gasteiger partial charge in [0.2, 0.25) is 5.91 Å². The third kappa shape index (κ3) is 2.16. The van der Waals surface area contributed by atoms with Crippen LogP contribution in [-0.2, 0) is 11.3 Å². The molecule has 0 spiro atoms.